The number of amides is 2. The molecule has 8 nitrogen and oxygen atoms in total. The van der Waals surface area contributed by atoms with Gasteiger partial charge in [0, 0.05) is 19.3 Å². The van der Waals surface area contributed by atoms with Crippen molar-refractivity contribution in [3.05, 3.63) is 60.2 Å². The Morgan fingerprint density at radius 2 is 1.91 bits per heavy atom. The number of rotatable bonds is 8. The lowest BCUT2D eigenvalue weighted by Crippen LogP contribution is -2.53. The minimum absolute atomic E-state index is 0.00587. The van der Waals surface area contributed by atoms with E-state index in [4.69, 9.17) is 0 Å². The zero-order valence-corrected chi connectivity index (χ0v) is 19.5. The van der Waals surface area contributed by atoms with Gasteiger partial charge in [-0.2, -0.15) is 4.31 Å². The molecule has 0 bridgehead atoms. The fourth-order valence-electron chi connectivity index (χ4n) is 3.73. The van der Waals surface area contributed by atoms with Crippen LogP contribution in [0.3, 0.4) is 0 Å². The maximum absolute atomic E-state index is 13.2. The first kappa shape index (κ1) is 24.8. The molecular weight excluding hydrogens is 447 g/mol. The fraction of sp³-hybridized carbons (Fsp3) is 0.435. The summed E-state index contributed by atoms with van der Waals surface area (Å²) in [7, 11) is -3.85. The van der Waals surface area contributed by atoms with Crippen LogP contribution in [0.15, 0.2) is 53.6 Å². The van der Waals surface area contributed by atoms with Gasteiger partial charge < -0.3 is 10.6 Å². The second-order valence-electron chi connectivity index (χ2n) is 8.43. The van der Waals surface area contributed by atoms with Gasteiger partial charge in [-0.3, -0.25) is 14.6 Å². The van der Waals surface area contributed by atoms with Crippen LogP contribution in [0.2, 0.25) is 0 Å². The first-order valence-corrected chi connectivity index (χ1v) is 12.4. The molecule has 2 heterocycles. The van der Waals surface area contributed by atoms with Crippen molar-refractivity contribution in [2.24, 2.45) is 11.8 Å². The molecule has 2 N–H and O–H groups in total. The number of nitrogens with one attached hydrogen (secondary N) is 2. The van der Waals surface area contributed by atoms with E-state index in [-0.39, 0.29) is 42.3 Å². The van der Waals surface area contributed by atoms with Gasteiger partial charge in [-0.15, -0.1) is 0 Å². The third-order valence-corrected chi connectivity index (χ3v) is 7.50. The normalized spacial score (nSPS) is 18.0. The quantitative estimate of drug-likeness (QED) is 0.607. The first-order chi connectivity index (χ1) is 15.7. The average molecular weight is 477 g/mol. The van der Waals surface area contributed by atoms with Crippen molar-refractivity contribution in [3.8, 4) is 0 Å². The van der Waals surface area contributed by atoms with E-state index in [1.165, 1.54) is 16.4 Å². The number of pyridine rings is 1. The summed E-state index contributed by atoms with van der Waals surface area (Å²) in [5.74, 6) is -1.96. The third-order valence-electron chi connectivity index (χ3n) is 5.62. The van der Waals surface area contributed by atoms with Crippen LogP contribution in [0.4, 0.5) is 4.39 Å². The molecule has 1 saturated heterocycles. The number of piperidine rings is 1. The molecular formula is C23H29FN4O4S. The number of nitrogens with zero attached hydrogens (tertiary/aromatic N) is 2. The molecule has 33 heavy (non-hydrogen) atoms. The van der Waals surface area contributed by atoms with Crippen LogP contribution >= 0.6 is 0 Å². The average Bonchev–Trinajstić information content (AvgIpc) is 2.81. The summed E-state index contributed by atoms with van der Waals surface area (Å²) in [5, 5.41) is 5.59. The van der Waals surface area contributed by atoms with Crippen LogP contribution in [-0.2, 0) is 26.2 Å². The highest BCUT2D eigenvalue weighted by Crippen LogP contribution is 2.24. The van der Waals surface area contributed by atoms with E-state index in [1.54, 1.807) is 18.3 Å². The van der Waals surface area contributed by atoms with Crippen molar-refractivity contribution in [1.82, 2.24) is 19.9 Å². The number of sulfonamides is 1. The van der Waals surface area contributed by atoms with Gasteiger partial charge in [-0.1, -0.05) is 19.9 Å². The van der Waals surface area contributed by atoms with Crippen molar-refractivity contribution in [3.63, 3.8) is 0 Å². The Bertz CT molecular complexity index is 1060. The topological polar surface area (TPSA) is 108 Å². The van der Waals surface area contributed by atoms with E-state index >= 15 is 0 Å². The largest absolute Gasteiger partial charge is 0.349 e. The zero-order chi connectivity index (χ0) is 24.0. The molecule has 1 fully saturated rings. The van der Waals surface area contributed by atoms with E-state index in [9.17, 15) is 22.4 Å². The second-order valence-corrected chi connectivity index (χ2v) is 10.4. The molecule has 1 unspecified atom stereocenters. The number of aromatic nitrogens is 1. The van der Waals surface area contributed by atoms with Crippen LogP contribution in [-0.4, -0.2) is 48.7 Å². The maximum Gasteiger partial charge on any atom is 0.243 e. The van der Waals surface area contributed by atoms with Gasteiger partial charge in [0.1, 0.15) is 11.9 Å². The molecule has 1 aliphatic rings. The summed E-state index contributed by atoms with van der Waals surface area (Å²) < 4.78 is 40.3. The van der Waals surface area contributed by atoms with Crippen molar-refractivity contribution < 1.29 is 22.4 Å². The number of benzene rings is 1. The summed E-state index contributed by atoms with van der Waals surface area (Å²) in [6.07, 6.45) is 2.66. The fourth-order valence-corrected chi connectivity index (χ4v) is 5.25. The standard InChI is InChI=1S/C23H29FN4O4S/c1-16(2)21(23(30)26-14-19-7-3-4-12-25-19)27-22(29)17-6-5-13-28(15-17)33(31,32)20-10-8-18(24)9-11-20/h3-4,7-12,16-17,21H,5-6,13-15H2,1-2H3,(H,26,30)(H,27,29)/t17?,21-/m1/s1. The van der Waals surface area contributed by atoms with Crippen LogP contribution in [0.1, 0.15) is 32.4 Å². The summed E-state index contributed by atoms with van der Waals surface area (Å²) in [4.78, 5) is 29.8. The molecule has 0 spiro atoms. The lowest BCUT2D eigenvalue weighted by molar-refractivity contribution is -0.132. The third kappa shape index (κ3) is 6.35. The van der Waals surface area contributed by atoms with Crippen molar-refractivity contribution in [2.75, 3.05) is 13.1 Å². The Morgan fingerprint density at radius 1 is 1.18 bits per heavy atom. The van der Waals surface area contributed by atoms with E-state index < -0.39 is 27.8 Å². The highest BCUT2D eigenvalue weighted by molar-refractivity contribution is 7.89. The molecule has 2 aromatic rings. The smallest absolute Gasteiger partial charge is 0.243 e. The zero-order valence-electron chi connectivity index (χ0n) is 18.7. The van der Waals surface area contributed by atoms with E-state index in [2.05, 4.69) is 15.6 Å². The molecule has 178 valence electrons. The molecule has 1 aliphatic heterocycles. The first-order valence-electron chi connectivity index (χ1n) is 10.9. The summed E-state index contributed by atoms with van der Waals surface area (Å²) in [6.45, 7) is 4.19. The van der Waals surface area contributed by atoms with Crippen LogP contribution in [0.5, 0.6) is 0 Å². The minimum atomic E-state index is -3.85. The van der Waals surface area contributed by atoms with E-state index in [1.807, 2.05) is 19.9 Å². The Kier molecular flexibility index (Phi) is 8.15. The summed E-state index contributed by atoms with van der Waals surface area (Å²) in [5.41, 5.74) is 0.702. The molecule has 0 saturated carbocycles. The Hall–Kier alpha value is -2.85. The SMILES string of the molecule is CC(C)[C@@H](NC(=O)C1CCCN(S(=O)(=O)c2ccc(F)cc2)C1)C(=O)NCc1ccccn1. The van der Waals surface area contributed by atoms with Crippen molar-refractivity contribution in [2.45, 2.75) is 44.2 Å². The summed E-state index contributed by atoms with van der Waals surface area (Å²) in [6, 6.07) is 9.27. The molecule has 1 aromatic carbocycles. The molecule has 2 amide bonds. The van der Waals surface area contributed by atoms with Gasteiger partial charge in [-0.05, 0) is 55.2 Å². The van der Waals surface area contributed by atoms with Crippen LogP contribution < -0.4 is 10.6 Å². The molecule has 0 radical (unpaired) electrons. The Labute approximate surface area is 193 Å². The Morgan fingerprint density at radius 3 is 2.55 bits per heavy atom. The predicted molar refractivity (Wildman–Crippen MR) is 121 cm³/mol. The lowest BCUT2D eigenvalue weighted by atomic mass is 9.96. The van der Waals surface area contributed by atoms with Gasteiger partial charge in [-0.25, -0.2) is 12.8 Å². The maximum atomic E-state index is 13.2. The van der Waals surface area contributed by atoms with Gasteiger partial charge in [0.05, 0.1) is 23.1 Å². The highest BCUT2D eigenvalue weighted by atomic mass is 32.2. The van der Waals surface area contributed by atoms with Gasteiger partial charge in [0.15, 0.2) is 0 Å². The van der Waals surface area contributed by atoms with E-state index in [0.717, 1.165) is 12.1 Å². The Balaban J connectivity index is 1.63. The monoisotopic (exact) mass is 476 g/mol. The van der Waals surface area contributed by atoms with Crippen molar-refractivity contribution in [1.29, 1.82) is 0 Å². The molecule has 3 rings (SSSR count). The highest BCUT2D eigenvalue weighted by Gasteiger charge is 2.35. The van der Waals surface area contributed by atoms with Crippen LogP contribution in [0.25, 0.3) is 0 Å². The minimum Gasteiger partial charge on any atom is -0.349 e. The van der Waals surface area contributed by atoms with E-state index in [0.29, 0.717) is 18.5 Å². The van der Waals surface area contributed by atoms with Crippen molar-refractivity contribution >= 4 is 21.8 Å². The van der Waals surface area contributed by atoms with Gasteiger partial charge in [0.2, 0.25) is 21.8 Å². The lowest BCUT2D eigenvalue weighted by Gasteiger charge is -2.32. The number of halogens is 1. The molecule has 2 atom stereocenters. The van der Waals surface area contributed by atoms with Gasteiger partial charge in [0.25, 0.3) is 0 Å². The molecule has 1 aromatic heterocycles. The number of carbonyl (C=O) groups excluding carboxylic acids is 2. The second kappa shape index (κ2) is 10.8. The van der Waals surface area contributed by atoms with Crippen LogP contribution in [0, 0.1) is 17.7 Å². The number of carbonyl (C=O) groups is 2. The van der Waals surface area contributed by atoms with Gasteiger partial charge >= 0.3 is 0 Å². The predicted octanol–water partition coefficient (Wildman–Crippen LogP) is 2.08. The summed E-state index contributed by atoms with van der Waals surface area (Å²) >= 11 is 0. The number of hydrogen-bond acceptors (Lipinski definition) is 5. The molecule has 10 heteroatoms. The number of hydrogen-bond donors (Lipinski definition) is 2. The molecule has 0 aliphatic carbocycles.